The minimum Gasteiger partial charge on any atom is -0.350 e. The maximum atomic E-state index is 12.8. The van der Waals surface area contributed by atoms with Crippen molar-refractivity contribution in [2.24, 2.45) is 0 Å². The topological polar surface area (TPSA) is 110 Å². The average molecular weight is 623 g/mol. The van der Waals surface area contributed by atoms with E-state index in [-0.39, 0.29) is 41.0 Å². The van der Waals surface area contributed by atoms with Crippen LogP contribution in [0.25, 0.3) is 22.4 Å². The van der Waals surface area contributed by atoms with Crippen LogP contribution < -0.4 is 10.6 Å². The molecule has 1 heterocycles. The van der Waals surface area contributed by atoms with Crippen molar-refractivity contribution >= 4 is 38.4 Å². The molecule has 1 aromatic heterocycles. The van der Waals surface area contributed by atoms with Gasteiger partial charge in [0.05, 0.1) is 34.1 Å². The third-order valence-corrected chi connectivity index (χ3v) is 9.52. The highest BCUT2D eigenvalue weighted by molar-refractivity contribution is 7.91. The summed E-state index contributed by atoms with van der Waals surface area (Å²) in [4.78, 5) is 30.8. The Morgan fingerprint density at radius 1 is 0.867 bits per heavy atom. The summed E-state index contributed by atoms with van der Waals surface area (Å²) in [5.41, 5.74) is 6.72. The number of rotatable bonds is 10. The monoisotopic (exact) mass is 622 g/mol. The molecule has 0 fully saturated rings. The Kier molecular flexibility index (Phi) is 9.20. The van der Waals surface area contributed by atoms with Crippen LogP contribution in [0.2, 0.25) is 0 Å². The van der Waals surface area contributed by atoms with Gasteiger partial charge in [0.25, 0.3) is 5.91 Å². The van der Waals surface area contributed by atoms with Crippen molar-refractivity contribution in [3.05, 3.63) is 113 Å². The first kappa shape index (κ1) is 31.7. The highest BCUT2D eigenvalue weighted by Crippen LogP contribution is 2.33. The van der Waals surface area contributed by atoms with Crippen LogP contribution in [0.3, 0.4) is 0 Å². The lowest BCUT2D eigenvalue weighted by molar-refractivity contribution is -0.115. The van der Waals surface area contributed by atoms with E-state index in [9.17, 15) is 18.0 Å². The van der Waals surface area contributed by atoms with E-state index in [1.807, 2.05) is 56.3 Å². The number of aryl methyl sites for hydroxylation is 1. The largest absolute Gasteiger partial charge is 0.350 e. The Balaban J connectivity index is 1.42. The Morgan fingerprint density at radius 3 is 2.16 bits per heavy atom. The zero-order valence-corrected chi connectivity index (χ0v) is 27.0. The lowest BCUT2D eigenvalue weighted by atomic mass is 10.1. The number of hydrogen-bond donors (Lipinski definition) is 2. The lowest BCUT2D eigenvalue weighted by Gasteiger charge is -2.19. The molecule has 232 valence electrons. The van der Waals surface area contributed by atoms with Gasteiger partial charge in [-0.25, -0.2) is 13.4 Å². The summed E-state index contributed by atoms with van der Waals surface area (Å²) in [6.45, 7) is 9.66. The van der Waals surface area contributed by atoms with Gasteiger partial charge in [-0.15, -0.1) is 0 Å². The Hall–Kier alpha value is -4.76. The number of benzene rings is 4. The molecular weight excluding hydrogens is 584 g/mol. The number of hydrogen-bond acceptors (Lipinski definition) is 5. The number of sulfone groups is 1. The first-order valence-corrected chi connectivity index (χ1v) is 16.7. The molecule has 9 heteroatoms. The third-order valence-electron chi connectivity index (χ3n) is 7.77. The van der Waals surface area contributed by atoms with Crippen LogP contribution >= 0.6 is 0 Å². The zero-order valence-electron chi connectivity index (χ0n) is 26.2. The van der Waals surface area contributed by atoms with E-state index in [0.29, 0.717) is 11.3 Å². The fraction of sp³-hybridized carbons (Fsp3) is 0.250. The van der Waals surface area contributed by atoms with Crippen LogP contribution in [0, 0.1) is 6.92 Å². The van der Waals surface area contributed by atoms with E-state index in [2.05, 4.69) is 53.3 Å². The van der Waals surface area contributed by atoms with Gasteiger partial charge in [0, 0.05) is 22.9 Å². The van der Waals surface area contributed by atoms with Crippen molar-refractivity contribution < 1.29 is 18.0 Å². The summed E-state index contributed by atoms with van der Waals surface area (Å²) in [6, 6.07) is 28.0. The number of carbonyl (C=O) groups excluding carboxylic acids is 2. The second-order valence-corrected chi connectivity index (χ2v) is 13.9. The normalized spacial score (nSPS) is 12.3. The van der Waals surface area contributed by atoms with Gasteiger partial charge >= 0.3 is 0 Å². The van der Waals surface area contributed by atoms with Crippen molar-refractivity contribution in [3.63, 3.8) is 0 Å². The van der Waals surface area contributed by atoms with Crippen molar-refractivity contribution in [1.82, 2.24) is 14.9 Å². The summed E-state index contributed by atoms with van der Waals surface area (Å²) in [6.07, 6.45) is 0.116. The van der Waals surface area contributed by atoms with E-state index in [4.69, 9.17) is 4.98 Å². The molecule has 0 saturated heterocycles. The Morgan fingerprint density at radius 2 is 1.53 bits per heavy atom. The van der Waals surface area contributed by atoms with Crippen molar-refractivity contribution in [1.29, 1.82) is 0 Å². The molecule has 0 radical (unpaired) electrons. The summed E-state index contributed by atoms with van der Waals surface area (Å²) in [5.74, 6) is 0.429. The number of imidazole rings is 1. The average Bonchev–Trinajstić information content (AvgIpc) is 3.40. The van der Waals surface area contributed by atoms with Gasteiger partial charge in [0.1, 0.15) is 5.82 Å². The number of aromatic nitrogens is 2. The second-order valence-electron chi connectivity index (χ2n) is 11.6. The molecule has 2 amide bonds. The highest BCUT2D eigenvalue weighted by atomic mass is 32.2. The number of nitrogens with zero attached hydrogens (tertiary/aromatic N) is 2. The minimum atomic E-state index is -3.29. The third kappa shape index (κ3) is 7.15. The molecule has 4 aromatic carbocycles. The van der Waals surface area contributed by atoms with Gasteiger partial charge < -0.3 is 15.2 Å². The maximum Gasteiger partial charge on any atom is 0.251 e. The van der Waals surface area contributed by atoms with Crippen LogP contribution in [0.15, 0.2) is 95.9 Å². The van der Waals surface area contributed by atoms with Gasteiger partial charge in [-0.1, -0.05) is 48.9 Å². The van der Waals surface area contributed by atoms with Crippen LogP contribution in [0.5, 0.6) is 0 Å². The summed E-state index contributed by atoms with van der Waals surface area (Å²) < 4.78 is 26.3. The van der Waals surface area contributed by atoms with Crippen LogP contribution in [0.1, 0.15) is 60.8 Å². The molecule has 0 aliphatic carbocycles. The van der Waals surface area contributed by atoms with Crippen molar-refractivity contribution in [2.45, 2.75) is 58.0 Å². The molecule has 0 saturated carbocycles. The predicted molar refractivity (Wildman–Crippen MR) is 179 cm³/mol. The molecule has 1 atom stereocenters. The second kappa shape index (κ2) is 13.1. The molecule has 2 N–H and O–H groups in total. The highest BCUT2D eigenvalue weighted by Gasteiger charge is 2.20. The molecule has 45 heavy (non-hydrogen) atoms. The lowest BCUT2D eigenvalue weighted by Crippen LogP contribution is -2.29. The van der Waals surface area contributed by atoms with Crippen molar-refractivity contribution in [2.75, 3.05) is 11.1 Å². The van der Waals surface area contributed by atoms with E-state index in [1.54, 1.807) is 31.2 Å². The van der Waals surface area contributed by atoms with E-state index in [1.165, 1.54) is 5.56 Å². The van der Waals surface area contributed by atoms with Crippen molar-refractivity contribution in [3.8, 4) is 11.4 Å². The molecule has 0 aliphatic heterocycles. The zero-order chi connectivity index (χ0) is 32.3. The van der Waals surface area contributed by atoms with Crippen LogP contribution in [-0.2, 0) is 21.1 Å². The standard InChI is InChI=1S/C36H38N4O4S/c1-6-45(43,44)31-18-9-26(10-19-31)21-34(41)38-30-16-13-28(14-17-30)35-39-32-22-29(36(42)37-23(2)3)15-20-33(32)40(35)25(5)27-11-7-24(4)8-12-27/h7-20,22-23,25H,6,21H2,1-5H3,(H,37,42)(H,38,41). The van der Waals surface area contributed by atoms with Crippen LogP contribution in [0.4, 0.5) is 5.69 Å². The molecule has 5 rings (SSSR count). The fourth-order valence-corrected chi connectivity index (χ4v) is 6.13. The molecular formula is C36H38N4O4S. The maximum absolute atomic E-state index is 12.8. The number of fused-ring (bicyclic) bond motifs is 1. The summed E-state index contributed by atoms with van der Waals surface area (Å²) >= 11 is 0. The molecule has 0 spiro atoms. The first-order chi connectivity index (χ1) is 21.4. The minimum absolute atomic E-state index is 0.0204. The Bertz CT molecular complexity index is 1940. The number of carbonyl (C=O) groups is 2. The summed E-state index contributed by atoms with van der Waals surface area (Å²) in [7, 11) is -3.29. The molecule has 5 aromatic rings. The fourth-order valence-electron chi connectivity index (χ4n) is 5.25. The van der Waals surface area contributed by atoms with Gasteiger partial charge in [-0.2, -0.15) is 0 Å². The van der Waals surface area contributed by atoms with E-state index < -0.39 is 9.84 Å². The van der Waals surface area contributed by atoms with Gasteiger partial charge in [-0.3, -0.25) is 9.59 Å². The van der Waals surface area contributed by atoms with Crippen LogP contribution in [-0.4, -0.2) is 41.6 Å². The van der Waals surface area contributed by atoms with Gasteiger partial charge in [0.2, 0.25) is 5.91 Å². The van der Waals surface area contributed by atoms with Gasteiger partial charge in [-0.05, 0) is 93.4 Å². The quantitative estimate of drug-likeness (QED) is 0.179. The molecule has 1 unspecified atom stereocenters. The predicted octanol–water partition coefficient (Wildman–Crippen LogP) is 6.73. The number of nitrogens with one attached hydrogen (secondary N) is 2. The summed E-state index contributed by atoms with van der Waals surface area (Å²) in [5, 5.41) is 5.87. The number of amides is 2. The SMILES string of the molecule is CCS(=O)(=O)c1ccc(CC(=O)Nc2ccc(-c3nc4cc(C(=O)NC(C)C)ccc4n3C(C)c3ccc(C)cc3)cc2)cc1. The van der Waals surface area contributed by atoms with E-state index in [0.717, 1.165) is 33.5 Å². The molecule has 8 nitrogen and oxygen atoms in total. The Labute approximate surface area is 264 Å². The smallest absolute Gasteiger partial charge is 0.251 e. The molecule has 0 bridgehead atoms. The van der Waals surface area contributed by atoms with E-state index >= 15 is 0 Å². The van der Waals surface area contributed by atoms with Gasteiger partial charge in [0.15, 0.2) is 9.84 Å². The molecule has 0 aliphatic rings. The number of anilines is 1. The first-order valence-electron chi connectivity index (χ1n) is 15.1.